The molecule has 6 nitrogen and oxygen atoms in total. The highest BCUT2D eigenvalue weighted by Crippen LogP contribution is 2.19. The van der Waals surface area contributed by atoms with Gasteiger partial charge in [0.05, 0.1) is 6.54 Å². The van der Waals surface area contributed by atoms with E-state index in [9.17, 15) is 14.7 Å². The van der Waals surface area contributed by atoms with Gasteiger partial charge in [0.1, 0.15) is 5.75 Å². The number of aromatic hydroxyl groups is 1. The summed E-state index contributed by atoms with van der Waals surface area (Å²) in [5.74, 6) is 0.216. The first-order valence-corrected chi connectivity index (χ1v) is 8.68. The number of Topliss-reactive ketones (excluding diaryl/α,β-unsaturated/α-hetero) is 1. The minimum atomic E-state index is -0.0568. The summed E-state index contributed by atoms with van der Waals surface area (Å²) in [6.07, 6.45) is 0. The summed E-state index contributed by atoms with van der Waals surface area (Å²) in [7, 11) is 0. The molecule has 0 bridgehead atoms. The second kappa shape index (κ2) is 8.01. The molecule has 0 radical (unpaired) electrons. The quantitative estimate of drug-likeness (QED) is 0.808. The van der Waals surface area contributed by atoms with Crippen molar-refractivity contribution < 1.29 is 14.7 Å². The van der Waals surface area contributed by atoms with Crippen LogP contribution in [-0.4, -0.2) is 54.4 Å². The Balaban J connectivity index is 1.47. The Bertz CT molecular complexity index is 764. The molecule has 2 N–H and O–H groups in total. The number of rotatable bonds is 5. The number of ketones is 1. The topological polar surface area (TPSA) is 72.9 Å². The number of phenolic OH excluding ortho intramolecular Hbond substituents is 1. The van der Waals surface area contributed by atoms with E-state index in [0.29, 0.717) is 17.8 Å². The molecule has 1 amide bonds. The molecule has 0 unspecified atom stereocenters. The zero-order valence-corrected chi connectivity index (χ0v) is 14.8. The van der Waals surface area contributed by atoms with Gasteiger partial charge in [-0.1, -0.05) is 0 Å². The number of carbonyl (C=O) groups excluding carboxylic acids is 2. The molecule has 3 rings (SSSR count). The van der Waals surface area contributed by atoms with Crippen molar-refractivity contribution in [3.63, 3.8) is 0 Å². The van der Waals surface area contributed by atoms with Crippen LogP contribution >= 0.6 is 0 Å². The van der Waals surface area contributed by atoms with Gasteiger partial charge in [0.2, 0.25) is 5.91 Å². The highest BCUT2D eigenvalue weighted by Gasteiger charge is 2.19. The molecule has 1 heterocycles. The number of benzene rings is 2. The number of carbonyl (C=O) groups is 2. The van der Waals surface area contributed by atoms with Crippen LogP contribution in [0.1, 0.15) is 17.3 Å². The van der Waals surface area contributed by atoms with Gasteiger partial charge >= 0.3 is 0 Å². The van der Waals surface area contributed by atoms with Crippen LogP contribution in [0.15, 0.2) is 48.5 Å². The van der Waals surface area contributed by atoms with Gasteiger partial charge in [-0.05, 0) is 55.5 Å². The van der Waals surface area contributed by atoms with Gasteiger partial charge in [0.25, 0.3) is 0 Å². The Morgan fingerprint density at radius 1 is 0.962 bits per heavy atom. The molecule has 0 aromatic heterocycles. The maximum atomic E-state index is 12.2. The third-order valence-corrected chi connectivity index (χ3v) is 4.53. The Morgan fingerprint density at radius 3 is 2.15 bits per heavy atom. The second-order valence-electron chi connectivity index (χ2n) is 6.46. The van der Waals surface area contributed by atoms with E-state index in [-0.39, 0.29) is 17.4 Å². The summed E-state index contributed by atoms with van der Waals surface area (Å²) in [5.41, 5.74) is 2.41. The molecule has 0 aliphatic carbocycles. The Morgan fingerprint density at radius 2 is 1.58 bits per heavy atom. The third kappa shape index (κ3) is 4.61. The van der Waals surface area contributed by atoms with Crippen molar-refractivity contribution >= 4 is 23.1 Å². The van der Waals surface area contributed by atoms with Crippen LogP contribution in [0.25, 0.3) is 0 Å². The highest BCUT2D eigenvalue weighted by atomic mass is 16.3. The SMILES string of the molecule is CC(=O)c1ccc(NC(=O)CN2CCN(c3ccc(O)cc3)CC2)cc1. The van der Waals surface area contributed by atoms with Gasteiger partial charge in [-0.15, -0.1) is 0 Å². The number of hydrogen-bond donors (Lipinski definition) is 2. The summed E-state index contributed by atoms with van der Waals surface area (Å²) in [6, 6.07) is 14.1. The van der Waals surface area contributed by atoms with Gasteiger partial charge in [0, 0.05) is 43.1 Å². The first kappa shape index (κ1) is 17.9. The molecule has 1 saturated heterocycles. The lowest BCUT2D eigenvalue weighted by molar-refractivity contribution is -0.117. The number of piperazine rings is 1. The third-order valence-electron chi connectivity index (χ3n) is 4.53. The maximum absolute atomic E-state index is 12.2. The summed E-state index contributed by atoms with van der Waals surface area (Å²) >= 11 is 0. The van der Waals surface area contributed by atoms with Crippen molar-refractivity contribution in [2.24, 2.45) is 0 Å². The standard InChI is InChI=1S/C20H23N3O3/c1-15(24)16-2-4-17(5-3-16)21-20(26)14-22-10-12-23(13-11-22)18-6-8-19(25)9-7-18/h2-9,25H,10-14H2,1H3,(H,21,26). The molecule has 0 spiro atoms. The summed E-state index contributed by atoms with van der Waals surface area (Å²) in [5, 5.41) is 12.2. The molecule has 0 atom stereocenters. The molecule has 0 saturated carbocycles. The first-order chi connectivity index (χ1) is 12.5. The highest BCUT2D eigenvalue weighted by molar-refractivity contribution is 5.96. The minimum absolute atomic E-state index is 0.00868. The van der Waals surface area contributed by atoms with E-state index in [2.05, 4.69) is 15.1 Å². The second-order valence-corrected chi connectivity index (χ2v) is 6.46. The molecule has 6 heteroatoms. The van der Waals surface area contributed by atoms with Gasteiger partial charge < -0.3 is 15.3 Å². The van der Waals surface area contributed by atoms with Crippen molar-refractivity contribution in [3.05, 3.63) is 54.1 Å². The molecule has 1 aliphatic rings. The Kier molecular flexibility index (Phi) is 5.53. The Hall–Kier alpha value is -2.86. The molecule has 2 aromatic carbocycles. The van der Waals surface area contributed by atoms with Crippen LogP contribution in [0.3, 0.4) is 0 Å². The molecule has 1 fully saturated rings. The van der Waals surface area contributed by atoms with Gasteiger partial charge in [-0.2, -0.15) is 0 Å². The van der Waals surface area contributed by atoms with Crippen LogP contribution in [0.2, 0.25) is 0 Å². The van der Waals surface area contributed by atoms with Crippen LogP contribution in [0, 0.1) is 0 Å². The van der Waals surface area contributed by atoms with Gasteiger partial charge in [0.15, 0.2) is 5.78 Å². The smallest absolute Gasteiger partial charge is 0.238 e. The van der Waals surface area contributed by atoms with E-state index in [1.165, 1.54) is 6.92 Å². The van der Waals surface area contributed by atoms with Crippen LogP contribution < -0.4 is 10.2 Å². The van der Waals surface area contributed by atoms with E-state index < -0.39 is 0 Å². The van der Waals surface area contributed by atoms with Gasteiger partial charge in [-0.25, -0.2) is 0 Å². The van der Waals surface area contributed by atoms with E-state index >= 15 is 0 Å². The number of nitrogens with zero attached hydrogens (tertiary/aromatic N) is 2. The van der Waals surface area contributed by atoms with Crippen molar-refractivity contribution in [2.75, 3.05) is 42.9 Å². The fourth-order valence-electron chi connectivity index (χ4n) is 3.02. The van der Waals surface area contributed by atoms with E-state index in [4.69, 9.17) is 0 Å². The van der Waals surface area contributed by atoms with Gasteiger partial charge in [-0.3, -0.25) is 14.5 Å². The summed E-state index contributed by atoms with van der Waals surface area (Å²) < 4.78 is 0. The largest absolute Gasteiger partial charge is 0.508 e. The van der Waals surface area contributed by atoms with Crippen molar-refractivity contribution in [1.82, 2.24) is 4.90 Å². The monoisotopic (exact) mass is 353 g/mol. The van der Waals surface area contributed by atoms with Crippen LogP contribution in [0.4, 0.5) is 11.4 Å². The van der Waals surface area contributed by atoms with E-state index in [0.717, 1.165) is 31.9 Å². The fraction of sp³-hybridized carbons (Fsp3) is 0.300. The Labute approximate surface area is 153 Å². The normalized spacial score (nSPS) is 14.9. The molecular formula is C20H23N3O3. The summed E-state index contributed by atoms with van der Waals surface area (Å²) in [6.45, 7) is 5.15. The predicted octanol–water partition coefficient (Wildman–Crippen LogP) is 2.36. The molecule has 26 heavy (non-hydrogen) atoms. The lowest BCUT2D eigenvalue weighted by atomic mass is 10.1. The predicted molar refractivity (Wildman–Crippen MR) is 102 cm³/mol. The zero-order valence-electron chi connectivity index (χ0n) is 14.8. The number of amides is 1. The van der Waals surface area contributed by atoms with Crippen molar-refractivity contribution in [2.45, 2.75) is 6.92 Å². The van der Waals surface area contributed by atoms with E-state index in [1.807, 2.05) is 12.1 Å². The van der Waals surface area contributed by atoms with E-state index in [1.54, 1.807) is 36.4 Å². The van der Waals surface area contributed by atoms with Crippen LogP contribution in [-0.2, 0) is 4.79 Å². The molecule has 136 valence electrons. The van der Waals surface area contributed by atoms with Crippen LogP contribution in [0.5, 0.6) is 5.75 Å². The summed E-state index contributed by atoms with van der Waals surface area (Å²) in [4.78, 5) is 27.9. The molecule has 1 aliphatic heterocycles. The number of anilines is 2. The van der Waals surface area contributed by atoms with Crippen molar-refractivity contribution in [1.29, 1.82) is 0 Å². The maximum Gasteiger partial charge on any atom is 0.238 e. The fourth-order valence-corrected chi connectivity index (χ4v) is 3.02. The lowest BCUT2D eigenvalue weighted by Crippen LogP contribution is -2.48. The zero-order chi connectivity index (χ0) is 18.5. The minimum Gasteiger partial charge on any atom is -0.508 e. The number of phenols is 1. The first-order valence-electron chi connectivity index (χ1n) is 8.68. The van der Waals surface area contributed by atoms with Crippen molar-refractivity contribution in [3.8, 4) is 5.75 Å². The lowest BCUT2D eigenvalue weighted by Gasteiger charge is -2.35. The number of nitrogens with one attached hydrogen (secondary N) is 1. The molecule has 2 aromatic rings. The molecular weight excluding hydrogens is 330 g/mol. The number of hydrogen-bond acceptors (Lipinski definition) is 5. The average Bonchev–Trinajstić information content (AvgIpc) is 2.63. The average molecular weight is 353 g/mol.